The normalized spacial score (nSPS) is 15.5. The van der Waals surface area contributed by atoms with Gasteiger partial charge in [0.25, 0.3) is 0 Å². The minimum atomic E-state index is -0.340. The first-order valence-corrected chi connectivity index (χ1v) is 9.23. The van der Waals surface area contributed by atoms with Gasteiger partial charge in [0.1, 0.15) is 5.75 Å². The second-order valence-corrected chi connectivity index (χ2v) is 7.58. The summed E-state index contributed by atoms with van der Waals surface area (Å²) in [5.74, 6) is 3.20. The molecule has 2 heterocycles. The summed E-state index contributed by atoms with van der Waals surface area (Å²) in [6, 6.07) is 10.3. The van der Waals surface area contributed by atoms with Gasteiger partial charge in [0.15, 0.2) is 0 Å². The molecule has 1 atom stereocenters. The molecule has 0 radical (unpaired) electrons. The summed E-state index contributed by atoms with van der Waals surface area (Å²) in [5.41, 5.74) is 2.68. The highest BCUT2D eigenvalue weighted by atomic mass is 32.2. The van der Waals surface area contributed by atoms with Gasteiger partial charge < -0.3 is 9.84 Å². The SMILES string of the molecule is COc1ccc(CCC(O)c2cc3c(s2)CCSC3)cc1. The average molecular weight is 320 g/mol. The van der Waals surface area contributed by atoms with Crippen molar-refractivity contribution in [2.45, 2.75) is 31.1 Å². The lowest BCUT2D eigenvalue weighted by Crippen LogP contribution is -1.97. The third-order valence-electron chi connectivity index (χ3n) is 3.84. The van der Waals surface area contributed by atoms with E-state index in [-0.39, 0.29) is 6.10 Å². The molecule has 0 fully saturated rings. The van der Waals surface area contributed by atoms with Gasteiger partial charge >= 0.3 is 0 Å². The second-order valence-electron chi connectivity index (χ2n) is 5.30. The summed E-state index contributed by atoms with van der Waals surface area (Å²) in [6.45, 7) is 0. The van der Waals surface area contributed by atoms with E-state index in [0.29, 0.717) is 0 Å². The van der Waals surface area contributed by atoms with Gasteiger partial charge in [-0.2, -0.15) is 11.8 Å². The summed E-state index contributed by atoms with van der Waals surface area (Å²) in [5, 5.41) is 10.4. The van der Waals surface area contributed by atoms with E-state index < -0.39 is 0 Å². The first kappa shape index (κ1) is 14.9. The van der Waals surface area contributed by atoms with Crippen LogP contribution >= 0.6 is 23.1 Å². The lowest BCUT2D eigenvalue weighted by atomic mass is 10.1. The monoisotopic (exact) mass is 320 g/mol. The molecule has 0 saturated carbocycles. The Morgan fingerprint density at radius 1 is 1.29 bits per heavy atom. The third kappa shape index (κ3) is 3.62. The fourth-order valence-corrected chi connectivity index (χ4v) is 4.97. The fourth-order valence-electron chi connectivity index (χ4n) is 2.57. The topological polar surface area (TPSA) is 29.5 Å². The first-order valence-electron chi connectivity index (χ1n) is 7.26. The van der Waals surface area contributed by atoms with Crippen molar-refractivity contribution in [3.8, 4) is 5.75 Å². The van der Waals surface area contributed by atoms with Gasteiger partial charge in [-0.1, -0.05) is 12.1 Å². The van der Waals surface area contributed by atoms with E-state index in [0.717, 1.165) is 35.6 Å². The molecule has 0 bridgehead atoms. The molecule has 112 valence electrons. The molecule has 2 nitrogen and oxygen atoms in total. The Balaban J connectivity index is 1.60. The number of aryl methyl sites for hydroxylation is 2. The Morgan fingerprint density at radius 3 is 2.81 bits per heavy atom. The Morgan fingerprint density at radius 2 is 2.10 bits per heavy atom. The molecule has 1 aromatic carbocycles. The van der Waals surface area contributed by atoms with E-state index in [1.807, 2.05) is 23.9 Å². The van der Waals surface area contributed by atoms with Gasteiger partial charge in [0.2, 0.25) is 0 Å². The molecule has 0 aliphatic carbocycles. The number of thioether (sulfide) groups is 1. The van der Waals surface area contributed by atoms with E-state index >= 15 is 0 Å². The Labute approximate surface area is 134 Å². The molecule has 1 aromatic heterocycles. The van der Waals surface area contributed by atoms with Crippen LogP contribution in [-0.4, -0.2) is 18.0 Å². The third-order valence-corrected chi connectivity index (χ3v) is 6.19. The van der Waals surface area contributed by atoms with Gasteiger partial charge in [-0.05, 0) is 54.3 Å². The van der Waals surface area contributed by atoms with Gasteiger partial charge in [0, 0.05) is 15.5 Å². The molecular weight excluding hydrogens is 300 g/mol. The Kier molecular flexibility index (Phi) is 4.88. The maximum Gasteiger partial charge on any atom is 0.118 e. The van der Waals surface area contributed by atoms with Crippen molar-refractivity contribution in [1.29, 1.82) is 0 Å². The summed E-state index contributed by atoms with van der Waals surface area (Å²) < 4.78 is 5.16. The lowest BCUT2D eigenvalue weighted by Gasteiger charge is -2.09. The second kappa shape index (κ2) is 6.86. The molecule has 2 aromatic rings. The summed E-state index contributed by atoms with van der Waals surface area (Å²) in [6.07, 6.45) is 2.49. The highest BCUT2D eigenvalue weighted by molar-refractivity contribution is 7.98. The van der Waals surface area contributed by atoms with Crippen LogP contribution < -0.4 is 4.74 Å². The maximum atomic E-state index is 10.4. The smallest absolute Gasteiger partial charge is 0.118 e. The number of rotatable bonds is 5. The number of benzene rings is 1. The van der Waals surface area contributed by atoms with Crippen LogP contribution in [0.1, 0.15) is 33.4 Å². The molecular formula is C17H20O2S2. The predicted octanol–water partition coefficient (Wildman–Crippen LogP) is 4.21. The molecule has 3 rings (SSSR count). The van der Waals surface area contributed by atoms with E-state index in [1.165, 1.54) is 21.8 Å². The number of hydrogen-bond donors (Lipinski definition) is 1. The van der Waals surface area contributed by atoms with Crippen LogP contribution in [0.5, 0.6) is 5.75 Å². The van der Waals surface area contributed by atoms with Crippen LogP contribution in [0.25, 0.3) is 0 Å². The highest BCUT2D eigenvalue weighted by Gasteiger charge is 2.17. The van der Waals surface area contributed by atoms with Crippen LogP contribution in [0.2, 0.25) is 0 Å². The molecule has 0 spiro atoms. The van der Waals surface area contributed by atoms with Crippen molar-refractivity contribution >= 4 is 23.1 Å². The quantitative estimate of drug-likeness (QED) is 0.895. The summed E-state index contributed by atoms with van der Waals surface area (Å²) in [4.78, 5) is 2.61. The first-order chi connectivity index (χ1) is 10.3. The number of thiophene rings is 1. The van der Waals surface area contributed by atoms with E-state index in [2.05, 4.69) is 18.2 Å². The predicted molar refractivity (Wildman–Crippen MR) is 90.5 cm³/mol. The molecule has 21 heavy (non-hydrogen) atoms. The summed E-state index contributed by atoms with van der Waals surface area (Å²) in [7, 11) is 1.68. The maximum absolute atomic E-state index is 10.4. The Hall–Kier alpha value is -0.970. The average Bonchev–Trinajstić information content (AvgIpc) is 2.97. The number of methoxy groups -OCH3 is 1. The molecule has 4 heteroatoms. The van der Waals surface area contributed by atoms with Crippen molar-refractivity contribution in [2.75, 3.05) is 12.9 Å². The zero-order valence-corrected chi connectivity index (χ0v) is 13.8. The molecule has 1 N–H and O–H groups in total. The number of fused-ring (bicyclic) bond motifs is 1. The van der Waals surface area contributed by atoms with Crippen molar-refractivity contribution in [3.05, 3.63) is 51.2 Å². The molecule has 1 unspecified atom stereocenters. The van der Waals surface area contributed by atoms with E-state index in [1.54, 1.807) is 18.4 Å². The molecule has 0 amide bonds. The van der Waals surface area contributed by atoms with Crippen molar-refractivity contribution in [2.24, 2.45) is 0 Å². The van der Waals surface area contributed by atoms with Crippen LogP contribution in [0.3, 0.4) is 0 Å². The largest absolute Gasteiger partial charge is 0.497 e. The zero-order valence-electron chi connectivity index (χ0n) is 12.2. The summed E-state index contributed by atoms with van der Waals surface area (Å²) >= 11 is 3.79. The number of aliphatic hydroxyl groups excluding tert-OH is 1. The van der Waals surface area contributed by atoms with Gasteiger partial charge in [-0.15, -0.1) is 11.3 Å². The van der Waals surface area contributed by atoms with Crippen LogP contribution in [0.4, 0.5) is 0 Å². The van der Waals surface area contributed by atoms with Crippen molar-refractivity contribution in [1.82, 2.24) is 0 Å². The van der Waals surface area contributed by atoms with Gasteiger partial charge in [-0.3, -0.25) is 0 Å². The van der Waals surface area contributed by atoms with Crippen LogP contribution in [0, 0.1) is 0 Å². The Bertz CT molecular complexity index is 566. The van der Waals surface area contributed by atoms with Crippen molar-refractivity contribution < 1.29 is 9.84 Å². The number of ether oxygens (including phenoxy) is 1. The van der Waals surface area contributed by atoms with Crippen LogP contribution in [0.15, 0.2) is 30.3 Å². The fraction of sp³-hybridized carbons (Fsp3) is 0.412. The zero-order chi connectivity index (χ0) is 14.7. The van der Waals surface area contributed by atoms with E-state index in [9.17, 15) is 5.11 Å². The minimum Gasteiger partial charge on any atom is -0.497 e. The molecule has 0 saturated heterocycles. The van der Waals surface area contributed by atoms with Crippen LogP contribution in [-0.2, 0) is 18.6 Å². The number of hydrogen-bond acceptors (Lipinski definition) is 4. The molecule has 1 aliphatic rings. The lowest BCUT2D eigenvalue weighted by molar-refractivity contribution is 0.171. The van der Waals surface area contributed by atoms with Gasteiger partial charge in [0.05, 0.1) is 13.2 Å². The molecule has 1 aliphatic heterocycles. The minimum absolute atomic E-state index is 0.340. The van der Waals surface area contributed by atoms with Crippen molar-refractivity contribution in [3.63, 3.8) is 0 Å². The van der Waals surface area contributed by atoms with Gasteiger partial charge in [-0.25, -0.2) is 0 Å². The standard InChI is InChI=1S/C17H20O2S2/c1-19-14-5-2-12(3-6-14)4-7-15(18)17-10-13-11-20-9-8-16(13)21-17/h2-3,5-6,10,15,18H,4,7-9,11H2,1H3. The highest BCUT2D eigenvalue weighted by Crippen LogP contribution is 2.35. The van der Waals surface area contributed by atoms with E-state index in [4.69, 9.17) is 4.74 Å². The number of aliphatic hydroxyl groups is 1.